The normalized spacial score (nSPS) is 10.5. The van der Waals surface area contributed by atoms with E-state index in [9.17, 15) is 4.39 Å². The maximum atomic E-state index is 13.3. The molecule has 2 rings (SSSR count). The minimum atomic E-state index is -0.462. The van der Waals surface area contributed by atoms with E-state index >= 15 is 0 Å². The fraction of sp³-hybridized carbons (Fsp3) is 0.143. The molecule has 0 heterocycles. The van der Waals surface area contributed by atoms with Gasteiger partial charge in [0.1, 0.15) is 18.2 Å². The van der Waals surface area contributed by atoms with Gasteiger partial charge in [0, 0.05) is 16.1 Å². The first kappa shape index (κ1) is 14.4. The molecule has 0 aromatic heterocycles. The van der Waals surface area contributed by atoms with Crippen molar-refractivity contribution < 1.29 is 9.13 Å². The smallest absolute Gasteiger partial charge is 0.142 e. The Morgan fingerprint density at radius 3 is 2.58 bits per heavy atom. The lowest BCUT2D eigenvalue weighted by Crippen LogP contribution is -1.99. The Hall–Kier alpha value is -0.960. The van der Waals surface area contributed by atoms with Crippen LogP contribution in [-0.2, 0) is 12.5 Å². The topological polar surface area (TPSA) is 9.23 Å². The Balaban J connectivity index is 2.17. The molecule has 0 aliphatic rings. The van der Waals surface area contributed by atoms with E-state index in [1.165, 1.54) is 6.07 Å². The highest BCUT2D eigenvalue weighted by molar-refractivity contribution is 6.31. The quantitative estimate of drug-likeness (QED) is 0.681. The molecule has 0 saturated carbocycles. The van der Waals surface area contributed by atoms with Gasteiger partial charge >= 0.3 is 0 Å². The molecule has 2 aromatic carbocycles. The molecule has 0 aliphatic carbocycles. The van der Waals surface area contributed by atoms with Gasteiger partial charge in [-0.15, -0.1) is 11.6 Å². The summed E-state index contributed by atoms with van der Waals surface area (Å²) in [4.78, 5) is 0. The molecule has 19 heavy (non-hydrogen) atoms. The monoisotopic (exact) mass is 318 g/mol. The van der Waals surface area contributed by atoms with Crippen molar-refractivity contribution in [3.05, 3.63) is 63.4 Å². The van der Waals surface area contributed by atoms with Crippen molar-refractivity contribution in [2.24, 2.45) is 0 Å². The molecule has 2 aromatic rings. The van der Waals surface area contributed by atoms with Crippen molar-refractivity contribution in [1.29, 1.82) is 0 Å². The van der Waals surface area contributed by atoms with Gasteiger partial charge in [-0.2, -0.15) is 0 Å². The van der Waals surface area contributed by atoms with Crippen LogP contribution in [0.5, 0.6) is 5.75 Å². The van der Waals surface area contributed by atoms with Crippen LogP contribution in [0.3, 0.4) is 0 Å². The Kier molecular flexibility index (Phi) is 4.92. The molecule has 1 nitrogen and oxygen atoms in total. The lowest BCUT2D eigenvalue weighted by molar-refractivity contribution is 0.303. The lowest BCUT2D eigenvalue weighted by atomic mass is 10.2. The number of rotatable bonds is 4. The van der Waals surface area contributed by atoms with Crippen LogP contribution in [0.2, 0.25) is 10.0 Å². The fourth-order valence-corrected chi connectivity index (χ4v) is 2.19. The maximum absolute atomic E-state index is 13.3. The molecular formula is C14H10Cl3FO. The summed E-state index contributed by atoms with van der Waals surface area (Å²) in [5, 5.41) is 0.663. The number of benzene rings is 2. The first-order valence-electron chi connectivity index (χ1n) is 5.52. The minimum absolute atomic E-state index is 0.0730. The Morgan fingerprint density at radius 2 is 1.84 bits per heavy atom. The van der Waals surface area contributed by atoms with E-state index in [0.29, 0.717) is 16.3 Å². The predicted octanol–water partition coefficient (Wildman–Crippen LogP) is 5.45. The summed E-state index contributed by atoms with van der Waals surface area (Å²) >= 11 is 17.5. The Labute approximate surface area is 125 Å². The van der Waals surface area contributed by atoms with Gasteiger partial charge in [-0.25, -0.2) is 4.39 Å². The molecule has 100 valence electrons. The van der Waals surface area contributed by atoms with Crippen LogP contribution in [0.1, 0.15) is 11.1 Å². The van der Waals surface area contributed by atoms with Crippen molar-refractivity contribution in [2.45, 2.75) is 12.5 Å². The van der Waals surface area contributed by atoms with Gasteiger partial charge in [0.05, 0.1) is 10.9 Å². The van der Waals surface area contributed by atoms with Crippen molar-refractivity contribution in [1.82, 2.24) is 0 Å². The Morgan fingerprint density at radius 1 is 1.05 bits per heavy atom. The number of halogens is 4. The van der Waals surface area contributed by atoms with Crippen LogP contribution in [0, 0.1) is 5.82 Å². The second-order valence-corrected chi connectivity index (χ2v) is 4.97. The van der Waals surface area contributed by atoms with E-state index in [4.69, 9.17) is 39.5 Å². The molecule has 5 heteroatoms. The van der Waals surface area contributed by atoms with Crippen molar-refractivity contribution in [3.63, 3.8) is 0 Å². The van der Waals surface area contributed by atoms with Gasteiger partial charge in [-0.05, 0) is 24.3 Å². The van der Waals surface area contributed by atoms with E-state index in [1.54, 1.807) is 30.3 Å². The molecule has 0 radical (unpaired) electrons. The summed E-state index contributed by atoms with van der Waals surface area (Å²) in [5.41, 5.74) is 1.36. The van der Waals surface area contributed by atoms with Gasteiger partial charge < -0.3 is 4.74 Å². The molecule has 0 aliphatic heterocycles. The molecule has 0 amide bonds. The minimum Gasteiger partial charge on any atom is -0.489 e. The van der Waals surface area contributed by atoms with Crippen molar-refractivity contribution in [2.75, 3.05) is 0 Å². The standard InChI is InChI=1S/C14H10Cl3FO/c15-7-10-6-11(16)4-5-13(10)19-8-9-2-1-3-12(18)14(9)17/h1-6H,7-8H2. The summed E-state index contributed by atoms with van der Waals surface area (Å²) < 4.78 is 18.9. The lowest BCUT2D eigenvalue weighted by Gasteiger charge is -2.11. The van der Waals surface area contributed by atoms with Crippen LogP contribution in [-0.4, -0.2) is 0 Å². The van der Waals surface area contributed by atoms with Crippen LogP contribution in [0.25, 0.3) is 0 Å². The van der Waals surface area contributed by atoms with Gasteiger partial charge in [0.15, 0.2) is 0 Å². The zero-order valence-electron chi connectivity index (χ0n) is 9.80. The van der Waals surface area contributed by atoms with E-state index < -0.39 is 5.82 Å². The maximum Gasteiger partial charge on any atom is 0.142 e. The third-order valence-corrected chi connectivity index (χ3v) is 3.53. The molecule has 0 atom stereocenters. The van der Waals surface area contributed by atoms with Crippen LogP contribution in [0.15, 0.2) is 36.4 Å². The first-order valence-corrected chi connectivity index (χ1v) is 6.81. The summed E-state index contributed by atoms with van der Waals surface area (Å²) in [6.07, 6.45) is 0. The summed E-state index contributed by atoms with van der Waals surface area (Å²) in [5.74, 6) is 0.434. The van der Waals surface area contributed by atoms with Crippen LogP contribution >= 0.6 is 34.8 Å². The van der Waals surface area contributed by atoms with Gasteiger partial charge in [-0.1, -0.05) is 35.3 Å². The zero-order valence-corrected chi connectivity index (χ0v) is 12.1. The zero-order chi connectivity index (χ0) is 13.8. The van der Waals surface area contributed by atoms with E-state index in [2.05, 4.69) is 0 Å². The summed E-state index contributed by atoms with van der Waals surface area (Å²) in [6.45, 7) is 0.169. The molecule has 0 bridgehead atoms. The fourth-order valence-electron chi connectivity index (χ4n) is 1.61. The van der Waals surface area contributed by atoms with Gasteiger partial charge in [0.25, 0.3) is 0 Å². The first-order chi connectivity index (χ1) is 9.11. The second kappa shape index (κ2) is 6.47. The molecule has 0 saturated heterocycles. The van der Waals surface area contributed by atoms with Crippen molar-refractivity contribution in [3.8, 4) is 5.75 Å². The predicted molar refractivity (Wildman–Crippen MR) is 76.8 cm³/mol. The second-order valence-electron chi connectivity index (χ2n) is 3.89. The molecule has 0 unspecified atom stereocenters. The molecule has 0 N–H and O–H groups in total. The number of ether oxygens (including phenoxy) is 1. The SMILES string of the molecule is Fc1cccc(COc2ccc(Cl)cc2CCl)c1Cl. The number of hydrogen-bond donors (Lipinski definition) is 0. The van der Waals surface area contributed by atoms with Gasteiger partial charge in [0.2, 0.25) is 0 Å². The third kappa shape index (κ3) is 3.53. The highest BCUT2D eigenvalue weighted by Crippen LogP contribution is 2.27. The highest BCUT2D eigenvalue weighted by atomic mass is 35.5. The van der Waals surface area contributed by atoms with Crippen molar-refractivity contribution >= 4 is 34.8 Å². The van der Waals surface area contributed by atoms with Crippen LogP contribution in [0.4, 0.5) is 4.39 Å². The van der Waals surface area contributed by atoms with E-state index in [-0.39, 0.29) is 17.5 Å². The third-order valence-electron chi connectivity index (χ3n) is 2.58. The average molecular weight is 320 g/mol. The molecule has 0 spiro atoms. The van der Waals surface area contributed by atoms with Crippen LogP contribution < -0.4 is 4.74 Å². The molecule has 0 fully saturated rings. The highest BCUT2D eigenvalue weighted by Gasteiger charge is 2.08. The Bertz CT molecular complexity index is 587. The number of hydrogen-bond acceptors (Lipinski definition) is 1. The average Bonchev–Trinajstić information content (AvgIpc) is 2.41. The van der Waals surface area contributed by atoms with E-state index in [0.717, 1.165) is 5.56 Å². The number of alkyl halides is 1. The summed E-state index contributed by atoms with van der Waals surface area (Å²) in [6, 6.07) is 9.77. The van der Waals surface area contributed by atoms with Gasteiger partial charge in [-0.3, -0.25) is 0 Å². The summed E-state index contributed by atoms with van der Waals surface area (Å²) in [7, 11) is 0. The van der Waals surface area contributed by atoms with E-state index in [1.807, 2.05) is 0 Å². The molecular weight excluding hydrogens is 310 g/mol. The largest absolute Gasteiger partial charge is 0.489 e.